The molecule has 29 heavy (non-hydrogen) atoms. The smallest absolute Gasteiger partial charge is 0.267 e. The number of nitrogens with one attached hydrogen (secondary N) is 1. The van der Waals surface area contributed by atoms with Crippen LogP contribution < -0.4 is 10.1 Å². The van der Waals surface area contributed by atoms with Gasteiger partial charge in [-0.1, -0.05) is 16.8 Å². The maximum absolute atomic E-state index is 12.7. The average molecular weight is 411 g/mol. The molecule has 1 aliphatic carbocycles. The van der Waals surface area contributed by atoms with Gasteiger partial charge in [0.2, 0.25) is 0 Å². The second-order valence-corrected chi connectivity index (χ2v) is 8.18. The summed E-state index contributed by atoms with van der Waals surface area (Å²) in [4.78, 5) is 12.7. The van der Waals surface area contributed by atoms with Crippen molar-refractivity contribution in [2.45, 2.75) is 45.1 Å². The lowest BCUT2D eigenvalue weighted by Crippen LogP contribution is -2.42. The SMILES string of the molecule is CC(C)(Oc1ccc(Cl)cc1)C(=O)Nc1ccc(-c2onc3c2CCCC3)cc1. The van der Waals surface area contributed by atoms with Gasteiger partial charge in [0.15, 0.2) is 11.4 Å². The van der Waals surface area contributed by atoms with Gasteiger partial charge in [0, 0.05) is 21.8 Å². The zero-order valence-corrected chi connectivity index (χ0v) is 17.3. The third-order valence-corrected chi connectivity index (χ3v) is 5.35. The van der Waals surface area contributed by atoms with E-state index in [-0.39, 0.29) is 5.91 Å². The molecule has 1 aromatic heterocycles. The number of halogens is 1. The molecule has 6 heteroatoms. The lowest BCUT2D eigenvalue weighted by molar-refractivity contribution is -0.128. The van der Waals surface area contributed by atoms with Crippen molar-refractivity contribution in [1.82, 2.24) is 5.16 Å². The standard InChI is InChI=1S/C23H23ClN2O3/c1-23(2,28-18-13-9-16(24)10-14-18)22(27)25-17-11-7-15(8-12-17)21-19-5-3-4-6-20(19)26-29-21/h7-14H,3-6H2,1-2H3,(H,25,27). The van der Waals surface area contributed by atoms with Gasteiger partial charge >= 0.3 is 0 Å². The predicted molar refractivity (Wildman–Crippen MR) is 113 cm³/mol. The summed E-state index contributed by atoms with van der Waals surface area (Å²) >= 11 is 5.90. The minimum absolute atomic E-state index is 0.239. The topological polar surface area (TPSA) is 64.4 Å². The molecular formula is C23H23ClN2O3. The summed E-state index contributed by atoms with van der Waals surface area (Å²) in [5.74, 6) is 1.18. The zero-order chi connectivity index (χ0) is 20.4. The normalized spacial score (nSPS) is 13.6. The number of hydrogen-bond acceptors (Lipinski definition) is 4. The zero-order valence-electron chi connectivity index (χ0n) is 16.5. The van der Waals surface area contributed by atoms with Crippen LogP contribution in [0.4, 0.5) is 5.69 Å². The highest BCUT2D eigenvalue weighted by molar-refractivity contribution is 6.30. The molecule has 5 nitrogen and oxygen atoms in total. The van der Waals surface area contributed by atoms with Crippen LogP contribution >= 0.6 is 11.6 Å². The fraction of sp³-hybridized carbons (Fsp3) is 0.304. The second kappa shape index (κ2) is 7.91. The van der Waals surface area contributed by atoms with Gasteiger partial charge < -0.3 is 14.6 Å². The van der Waals surface area contributed by atoms with Gasteiger partial charge in [-0.2, -0.15) is 0 Å². The van der Waals surface area contributed by atoms with E-state index >= 15 is 0 Å². The summed E-state index contributed by atoms with van der Waals surface area (Å²) < 4.78 is 11.4. The molecule has 1 N–H and O–H groups in total. The first kappa shape index (κ1) is 19.5. The Labute approximate surface area is 175 Å². The highest BCUT2D eigenvalue weighted by Crippen LogP contribution is 2.32. The van der Waals surface area contributed by atoms with Crippen molar-refractivity contribution in [2.24, 2.45) is 0 Å². The van der Waals surface area contributed by atoms with Gasteiger partial charge in [0.05, 0.1) is 5.69 Å². The van der Waals surface area contributed by atoms with Crippen molar-refractivity contribution in [3.05, 3.63) is 64.8 Å². The Hall–Kier alpha value is -2.79. The third kappa shape index (κ3) is 4.30. The summed E-state index contributed by atoms with van der Waals surface area (Å²) in [6.45, 7) is 3.46. The molecule has 0 unspecified atom stereocenters. The van der Waals surface area contributed by atoms with Crippen molar-refractivity contribution in [3.63, 3.8) is 0 Å². The number of nitrogens with zero attached hydrogens (tertiary/aromatic N) is 1. The van der Waals surface area contributed by atoms with Crippen molar-refractivity contribution >= 4 is 23.2 Å². The quantitative estimate of drug-likeness (QED) is 0.588. The van der Waals surface area contributed by atoms with E-state index in [1.54, 1.807) is 38.1 Å². The Morgan fingerprint density at radius 1 is 1.07 bits per heavy atom. The van der Waals surface area contributed by atoms with Gasteiger partial charge in [-0.25, -0.2) is 0 Å². The monoisotopic (exact) mass is 410 g/mol. The number of anilines is 1. The summed E-state index contributed by atoms with van der Waals surface area (Å²) in [5, 5.41) is 7.74. The molecule has 150 valence electrons. The minimum Gasteiger partial charge on any atom is -0.478 e. The third-order valence-electron chi connectivity index (χ3n) is 5.10. The number of carbonyl (C=O) groups is 1. The Kier molecular flexibility index (Phi) is 5.33. The van der Waals surface area contributed by atoms with Crippen LogP contribution in [0.1, 0.15) is 37.9 Å². The summed E-state index contributed by atoms with van der Waals surface area (Å²) in [6, 6.07) is 14.6. The second-order valence-electron chi connectivity index (χ2n) is 7.74. The number of aryl methyl sites for hydroxylation is 1. The summed E-state index contributed by atoms with van der Waals surface area (Å²) in [5.41, 5.74) is 2.90. The Morgan fingerprint density at radius 3 is 2.48 bits per heavy atom. The van der Waals surface area contributed by atoms with Gasteiger partial charge in [-0.05, 0) is 88.1 Å². The largest absolute Gasteiger partial charge is 0.478 e. The molecule has 1 heterocycles. The van der Waals surface area contributed by atoms with Crippen molar-refractivity contribution in [1.29, 1.82) is 0 Å². The molecule has 0 saturated carbocycles. The molecule has 2 aromatic carbocycles. The molecule has 0 saturated heterocycles. The summed E-state index contributed by atoms with van der Waals surface area (Å²) in [7, 11) is 0. The summed E-state index contributed by atoms with van der Waals surface area (Å²) in [6.07, 6.45) is 4.31. The van der Waals surface area contributed by atoms with Crippen LogP contribution in [0, 0.1) is 0 Å². The highest BCUT2D eigenvalue weighted by Gasteiger charge is 2.30. The molecule has 1 aliphatic rings. The van der Waals surface area contributed by atoms with E-state index in [2.05, 4.69) is 10.5 Å². The molecule has 3 aromatic rings. The van der Waals surface area contributed by atoms with Crippen LogP contribution in [-0.2, 0) is 17.6 Å². The van der Waals surface area contributed by atoms with Gasteiger partial charge in [-0.15, -0.1) is 0 Å². The van der Waals surface area contributed by atoms with Crippen LogP contribution in [-0.4, -0.2) is 16.7 Å². The van der Waals surface area contributed by atoms with Crippen LogP contribution in [0.5, 0.6) is 5.75 Å². The van der Waals surface area contributed by atoms with Crippen LogP contribution in [0.15, 0.2) is 53.1 Å². The molecule has 0 aliphatic heterocycles. The van der Waals surface area contributed by atoms with Crippen LogP contribution in [0.25, 0.3) is 11.3 Å². The number of carbonyl (C=O) groups excluding carboxylic acids is 1. The van der Waals surface area contributed by atoms with E-state index in [1.165, 1.54) is 5.56 Å². The van der Waals surface area contributed by atoms with Gasteiger partial charge in [0.25, 0.3) is 5.91 Å². The maximum atomic E-state index is 12.7. The molecule has 0 spiro atoms. The highest BCUT2D eigenvalue weighted by atomic mass is 35.5. The van der Waals surface area contributed by atoms with Gasteiger partial charge in [-0.3, -0.25) is 4.79 Å². The van der Waals surface area contributed by atoms with E-state index < -0.39 is 5.60 Å². The Bertz CT molecular complexity index is 1010. The predicted octanol–water partition coefficient (Wildman–Crippen LogP) is 5.67. The molecule has 0 fully saturated rings. The number of rotatable bonds is 5. The maximum Gasteiger partial charge on any atom is 0.267 e. The first-order valence-electron chi connectivity index (χ1n) is 9.76. The van der Waals surface area contributed by atoms with Gasteiger partial charge in [0.1, 0.15) is 5.75 Å². The molecular weight excluding hydrogens is 388 g/mol. The van der Waals surface area contributed by atoms with E-state index in [4.69, 9.17) is 20.9 Å². The van der Waals surface area contributed by atoms with Crippen molar-refractivity contribution in [2.75, 3.05) is 5.32 Å². The number of hydrogen-bond donors (Lipinski definition) is 1. The molecule has 1 amide bonds. The van der Waals surface area contributed by atoms with Crippen LogP contribution in [0.3, 0.4) is 0 Å². The first-order valence-corrected chi connectivity index (χ1v) is 10.1. The average Bonchev–Trinajstić information content (AvgIpc) is 3.14. The van der Waals surface area contributed by atoms with Crippen molar-refractivity contribution in [3.8, 4) is 17.1 Å². The number of amides is 1. The fourth-order valence-corrected chi connectivity index (χ4v) is 3.57. The first-order chi connectivity index (χ1) is 13.9. The number of benzene rings is 2. The van der Waals surface area contributed by atoms with E-state index in [1.807, 2.05) is 24.3 Å². The molecule has 4 rings (SSSR count). The Morgan fingerprint density at radius 2 is 1.76 bits per heavy atom. The van der Waals surface area contributed by atoms with E-state index in [0.717, 1.165) is 42.7 Å². The number of aromatic nitrogens is 1. The molecule has 0 bridgehead atoms. The molecule has 0 radical (unpaired) electrons. The minimum atomic E-state index is -1.05. The fourth-order valence-electron chi connectivity index (χ4n) is 3.45. The van der Waals surface area contributed by atoms with E-state index in [0.29, 0.717) is 16.5 Å². The number of ether oxygens (including phenoxy) is 1. The lowest BCUT2D eigenvalue weighted by Gasteiger charge is -2.25. The lowest BCUT2D eigenvalue weighted by atomic mass is 9.94. The van der Waals surface area contributed by atoms with E-state index in [9.17, 15) is 4.79 Å². The van der Waals surface area contributed by atoms with Crippen molar-refractivity contribution < 1.29 is 14.1 Å². The molecule has 0 atom stereocenters. The number of fused-ring (bicyclic) bond motifs is 1. The Balaban J connectivity index is 1.44. The van der Waals surface area contributed by atoms with Crippen LogP contribution in [0.2, 0.25) is 5.02 Å².